The number of rotatable bonds is 5. The maximum atomic E-state index is 2.46. The Balaban J connectivity index is 1.14. The standard InChI is InChI=1S/C48H34N2/c1-4-13-33(14-5-1)34-15-12-16-35(29-34)38-23-26-42-44-31-37(25-28-47(44)50(48(42)32-38)40-19-8-3-9-20-40)36-24-27-46-43(30-36)41-21-10-11-22-45(41)49(46)39-17-6-2-7-18-39/h1-6,8-17,19-32H,7,18H2. The van der Waals surface area contributed by atoms with E-state index in [0.29, 0.717) is 0 Å². The number of allylic oxidation sites excluding steroid dienone is 4. The first-order valence-corrected chi connectivity index (χ1v) is 17.5. The third-order valence-electron chi connectivity index (χ3n) is 10.4. The van der Waals surface area contributed by atoms with Gasteiger partial charge in [-0.25, -0.2) is 0 Å². The number of hydrogen-bond acceptors (Lipinski definition) is 0. The molecule has 9 aromatic rings. The molecule has 10 rings (SSSR count). The van der Waals surface area contributed by atoms with Crippen molar-refractivity contribution in [2.45, 2.75) is 12.8 Å². The molecule has 0 bridgehead atoms. The maximum Gasteiger partial charge on any atom is 0.0547 e. The lowest BCUT2D eigenvalue weighted by Gasteiger charge is -2.14. The van der Waals surface area contributed by atoms with Crippen molar-refractivity contribution < 1.29 is 0 Å². The summed E-state index contributed by atoms with van der Waals surface area (Å²) in [5.41, 5.74) is 14.8. The molecule has 0 N–H and O–H groups in total. The number of hydrogen-bond donors (Lipinski definition) is 0. The molecule has 2 heteroatoms. The highest BCUT2D eigenvalue weighted by molar-refractivity contribution is 6.13. The summed E-state index contributed by atoms with van der Waals surface area (Å²) >= 11 is 0. The average Bonchev–Trinajstić information content (AvgIpc) is 3.70. The Morgan fingerprint density at radius 2 is 0.920 bits per heavy atom. The van der Waals surface area contributed by atoms with Crippen molar-refractivity contribution in [3.63, 3.8) is 0 Å². The van der Waals surface area contributed by atoms with Gasteiger partial charge >= 0.3 is 0 Å². The van der Waals surface area contributed by atoms with Gasteiger partial charge in [0.05, 0.1) is 22.1 Å². The first-order chi connectivity index (χ1) is 24.8. The summed E-state index contributed by atoms with van der Waals surface area (Å²) in [6.07, 6.45) is 8.85. The minimum atomic E-state index is 1.05. The number of aromatic nitrogens is 2. The van der Waals surface area contributed by atoms with Crippen molar-refractivity contribution in [2.75, 3.05) is 0 Å². The number of fused-ring (bicyclic) bond motifs is 6. The van der Waals surface area contributed by atoms with Crippen molar-refractivity contribution in [2.24, 2.45) is 0 Å². The number of benzene rings is 7. The van der Waals surface area contributed by atoms with Crippen molar-refractivity contribution in [3.05, 3.63) is 182 Å². The highest BCUT2D eigenvalue weighted by Gasteiger charge is 2.17. The van der Waals surface area contributed by atoms with E-state index in [-0.39, 0.29) is 0 Å². The van der Waals surface area contributed by atoms with E-state index < -0.39 is 0 Å². The smallest absolute Gasteiger partial charge is 0.0547 e. The van der Waals surface area contributed by atoms with Crippen molar-refractivity contribution in [1.82, 2.24) is 9.13 Å². The molecule has 0 radical (unpaired) electrons. The van der Waals surface area contributed by atoms with Gasteiger partial charge in [-0.15, -0.1) is 0 Å². The van der Waals surface area contributed by atoms with Gasteiger partial charge < -0.3 is 9.13 Å². The van der Waals surface area contributed by atoms with Gasteiger partial charge in [-0.3, -0.25) is 0 Å². The van der Waals surface area contributed by atoms with Crippen LogP contribution in [0.1, 0.15) is 12.8 Å². The zero-order valence-electron chi connectivity index (χ0n) is 27.6. The van der Waals surface area contributed by atoms with E-state index >= 15 is 0 Å². The summed E-state index contributed by atoms with van der Waals surface area (Å²) in [7, 11) is 0. The van der Waals surface area contributed by atoms with Gasteiger partial charge in [0, 0.05) is 32.9 Å². The molecule has 0 amide bonds. The van der Waals surface area contributed by atoms with Crippen LogP contribution in [0.3, 0.4) is 0 Å². The van der Waals surface area contributed by atoms with Crippen LogP contribution in [-0.2, 0) is 0 Å². The molecular formula is C48H34N2. The molecule has 50 heavy (non-hydrogen) atoms. The van der Waals surface area contributed by atoms with Crippen molar-refractivity contribution in [1.29, 1.82) is 0 Å². The summed E-state index contributed by atoms with van der Waals surface area (Å²) in [5, 5.41) is 5.10. The van der Waals surface area contributed by atoms with E-state index in [1.54, 1.807) is 0 Å². The SMILES string of the molecule is C1=CCCC(n2c3ccccc3c3cc(-c4ccc5c(c4)c4ccc(-c6cccc(-c7ccccc7)c6)cc4n5-c4ccccc4)ccc32)=C1. The molecule has 0 fully saturated rings. The molecule has 0 saturated carbocycles. The van der Waals surface area contributed by atoms with Crippen LogP contribution < -0.4 is 0 Å². The summed E-state index contributed by atoms with van der Waals surface area (Å²) in [6.45, 7) is 0. The molecule has 0 saturated heterocycles. The van der Waals surface area contributed by atoms with Gasteiger partial charge in [0.15, 0.2) is 0 Å². The fraction of sp³-hybridized carbons (Fsp3) is 0.0417. The monoisotopic (exact) mass is 638 g/mol. The van der Waals surface area contributed by atoms with Crippen LogP contribution in [-0.4, -0.2) is 9.13 Å². The molecule has 0 aliphatic heterocycles. The van der Waals surface area contributed by atoms with E-state index in [9.17, 15) is 0 Å². The van der Waals surface area contributed by atoms with Gasteiger partial charge in [0.1, 0.15) is 0 Å². The molecule has 2 nitrogen and oxygen atoms in total. The van der Waals surface area contributed by atoms with Gasteiger partial charge in [-0.1, -0.05) is 121 Å². The quantitative estimate of drug-likeness (QED) is 0.178. The Morgan fingerprint density at radius 3 is 1.66 bits per heavy atom. The van der Waals surface area contributed by atoms with Crippen LogP contribution in [0.5, 0.6) is 0 Å². The molecule has 0 spiro atoms. The molecule has 2 aromatic heterocycles. The van der Waals surface area contributed by atoms with Gasteiger partial charge in [-0.05, 0) is 107 Å². The van der Waals surface area contributed by atoms with Crippen LogP contribution in [0, 0.1) is 0 Å². The van der Waals surface area contributed by atoms with E-state index in [2.05, 4.69) is 191 Å². The summed E-state index contributed by atoms with van der Waals surface area (Å²) < 4.78 is 4.88. The predicted molar refractivity (Wildman–Crippen MR) is 213 cm³/mol. The third-order valence-corrected chi connectivity index (χ3v) is 10.4. The van der Waals surface area contributed by atoms with Crippen LogP contribution in [0.2, 0.25) is 0 Å². The predicted octanol–water partition coefficient (Wildman–Crippen LogP) is 13.1. The largest absolute Gasteiger partial charge is 0.313 e. The van der Waals surface area contributed by atoms with E-state index in [4.69, 9.17) is 0 Å². The molecule has 1 aliphatic rings. The minimum absolute atomic E-state index is 1.05. The lowest BCUT2D eigenvalue weighted by atomic mass is 9.97. The first-order valence-electron chi connectivity index (χ1n) is 17.5. The minimum Gasteiger partial charge on any atom is -0.313 e. The normalized spacial score (nSPS) is 13.1. The lowest BCUT2D eigenvalue weighted by Crippen LogP contribution is -1.98. The zero-order valence-corrected chi connectivity index (χ0v) is 27.6. The highest BCUT2D eigenvalue weighted by Crippen LogP contribution is 2.40. The highest BCUT2D eigenvalue weighted by atomic mass is 15.0. The second kappa shape index (κ2) is 11.6. The number of nitrogens with zero attached hydrogens (tertiary/aromatic N) is 2. The topological polar surface area (TPSA) is 9.86 Å². The maximum absolute atomic E-state index is 2.46. The first kappa shape index (κ1) is 28.6. The Labute approximate surface area is 291 Å². The Hall–Kier alpha value is -6.38. The van der Waals surface area contributed by atoms with Gasteiger partial charge in [0.25, 0.3) is 0 Å². The summed E-state index contributed by atoms with van der Waals surface area (Å²) in [4.78, 5) is 0. The molecule has 236 valence electrons. The average molecular weight is 639 g/mol. The molecular weight excluding hydrogens is 605 g/mol. The van der Waals surface area contributed by atoms with E-state index in [1.165, 1.54) is 82.7 Å². The molecule has 0 unspecified atom stereocenters. The zero-order chi connectivity index (χ0) is 33.0. The fourth-order valence-electron chi connectivity index (χ4n) is 7.98. The second-order valence-electron chi connectivity index (χ2n) is 13.3. The van der Waals surface area contributed by atoms with Crippen molar-refractivity contribution in [3.8, 4) is 39.1 Å². The molecule has 7 aromatic carbocycles. The van der Waals surface area contributed by atoms with Crippen LogP contribution >= 0.6 is 0 Å². The van der Waals surface area contributed by atoms with E-state index in [1.807, 2.05) is 0 Å². The molecule has 2 heterocycles. The Kier molecular flexibility index (Phi) is 6.67. The molecule has 1 aliphatic carbocycles. The third kappa shape index (κ3) is 4.64. The Morgan fingerprint density at radius 1 is 0.360 bits per heavy atom. The van der Waals surface area contributed by atoms with Crippen molar-refractivity contribution >= 4 is 49.3 Å². The summed E-state index contributed by atoms with van der Waals surface area (Å²) in [5.74, 6) is 0. The van der Waals surface area contributed by atoms with E-state index in [0.717, 1.165) is 18.5 Å². The van der Waals surface area contributed by atoms with Gasteiger partial charge in [0.2, 0.25) is 0 Å². The van der Waals surface area contributed by atoms with Gasteiger partial charge in [-0.2, -0.15) is 0 Å². The Bertz CT molecular complexity index is 2790. The van der Waals surface area contributed by atoms with Crippen LogP contribution in [0.25, 0.3) is 88.4 Å². The van der Waals surface area contributed by atoms with Crippen LogP contribution in [0.4, 0.5) is 0 Å². The van der Waals surface area contributed by atoms with Crippen LogP contribution in [0.15, 0.2) is 182 Å². The fourth-order valence-corrected chi connectivity index (χ4v) is 7.98. The second-order valence-corrected chi connectivity index (χ2v) is 13.3. The molecule has 0 atom stereocenters. The lowest BCUT2D eigenvalue weighted by molar-refractivity contribution is 0.979. The summed E-state index contributed by atoms with van der Waals surface area (Å²) in [6, 6.07) is 60.0. The number of para-hydroxylation sites is 2.